The largest absolute Gasteiger partial charge is 0.259 e. The molecule has 1 aromatic heterocycles. The highest BCUT2D eigenvalue weighted by molar-refractivity contribution is 9.10. The average Bonchev–Trinajstić information content (AvgIpc) is 3.09. The quantitative estimate of drug-likeness (QED) is 0.627. The van der Waals surface area contributed by atoms with Gasteiger partial charge in [0, 0.05) is 17.1 Å². The van der Waals surface area contributed by atoms with E-state index in [1.807, 2.05) is 36.5 Å². The second-order valence-electron chi connectivity index (χ2n) is 5.71. The number of rotatable bonds is 3. The van der Waals surface area contributed by atoms with Gasteiger partial charge in [0.2, 0.25) is 0 Å². The first-order chi connectivity index (χ1) is 11.8. The van der Waals surface area contributed by atoms with Crippen LogP contribution in [0.1, 0.15) is 23.7 Å². The van der Waals surface area contributed by atoms with E-state index in [-0.39, 0.29) is 6.04 Å². The van der Waals surface area contributed by atoms with Crippen LogP contribution in [0.4, 0.5) is 5.69 Å². The third-order valence-electron chi connectivity index (χ3n) is 4.14. The minimum atomic E-state index is 0.114. The normalized spacial score (nSPS) is 17.0. The van der Waals surface area contributed by atoms with Crippen molar-refractivity contribution in [2.24, 2.45) is 5.10 Å². The van der Waals surface area contributed by atoms with Gasteiger partial charge >= 0.3 is 0 Å². The molecule has 0 aliphatic carbocycles. The van der Waals surface area contributed by atoms with Gasteiger partial charge < -0.3 is 0 Å². The maximum absolute atomic E-state index is 4.91. The summed E-state index contributed by atoms with van der Waals surface area (Å²) in [6.45, 7) is 0. The molecule has 0 amide bonds. The molecular weight excluding hydrogens is 362 g/mol. The van der Waals surface area contributed by atoms with Crippen LogP contribution in [0.3, 0.4) is 0 Å². The zero-order valence-electron chi connectivity index (χ0n) is 13.0. The predicted octanol–water partition coefficient (Wildman–Crippen LogP) is 5.20. The number of hydrogen-bond donors (Lipinski definition) is 0. The summed E-state index contributed by atoms with van der Waals surface area (Å²) in [4.78, 5) is 4.56. The van der Waals surface area contributed by atoms with Crippen LogP contribution in [-0.2, 0) is 0 Å². The maximum Gasteiger partial charge on any atom is 0.100 e. The van der Waals surface area contributed by atoms with Gasteiger partial charge in [-0.2, -0.15) is 5.10 Å². The van der Waals surface area contributed by atoms with Crippen LogP contribution in [0.15, 0.2) is 88.6 Å². The molecule has 118 valence electrons. The number of halogens is 1. The SMILES string of the molecule is Brc1ccc(N2N=C(c3ccccc3)C[C@H]2c2ccccn2)cc1. The second-order valence-corrected chi connectivity index (χ2v) is 6.62. The molecule has 3 aromatic rings. The Kier molecular flexibility index (Phi) is 4.13. The Bertz CT molecular complexity index is 845. The van der Waals surface area contributed by atoms with E-state index >= 15 is 0 Å². The molecule has 2 heterocycles. The number of anilines is 1. The van der Waals surface area contributed by atoms with E-state index in [4.69, 9.17) is 5.10 Å². The highest BCUT2D eigenvalue weighted by Gasteiger charge is 2.30. The fourth-order valence-corrected chi connectivity index (χ4v) is 3.22. The maximum atomic E-state index is 4.91. The fourth-order valence-electron chi connectivity index (χ4n) is 2.95. The van der Waals surface area contributed by atoms with Gasteiger partial charge in [-0.1, -0.05) is 52.3 Å². The monoisotopic (exact) mass is 377 g/mol. The zero-order chi connectivity index (χ0) is 16.4. The number of hydrazone groups is 1. The van der Waals surface area contributed by atoms with Crippen LogP contribution < -0.4 is 5.01 Å². The second kappa shape index (κ2) is 6.57. The van der Waals surface area contributed by atoms with Crippen molar-refractivity contribution in [3.05, 3.63) is 94.7 Å². The Morgan fingerprint density at radius 2 is 1.62 bits per heavy atom. The molecule has 24 heavy (non-hydrogen) atoms. The molecule has 0 saturated carbocycles. The van der Waals surface area contributed by atoms with E-state index in [0.717, 1.165) is 33.5 Å². The summed E-state index contributed by atoms with van der Waals surface area (Å²) in [5.74, 6) is 0. The topological polar surface area (TPSA) is 28.5 Å². The van der Waals surface area contributed by atoms with E-state index in [1.54, 1.807) is 0 Å². The first-order valence-corrected chi connectivity index (χ1v) is 8.69. The lowest BCUT2D eigenvalue weighted by Crippen LogP contribution is -2.19. The van der Waals surface area contributed by atoms with Crippen molar-refractivity contribution in [3.63, 3.8) is 0 Å². The lowest BCUT2D eigenvalue weighted by molar-refractivity contribution is 0.686. The van der Waals surface area contributed by atoms with Gasteiger partial charge in [0.1, 0.15) is 6.04 Å². The molecule has 0 fully saturated rings. The first kappa shape index (κ1) is 15.1. The molecule has 0 unspecified atom stereocenters. The molecule has 1 aliphatic heterocycles. The lowest BCUT2D eigenvalue weighted by atomic mass is 10.0. The van der Waals surface area contributed by atoms with Gasteiger partial charge in [-0.05, 0) is 42.0 Å². The van der Waals surface area contributed by atoms with Crippen LogP contribution in [0.25, 0.3) is 0 Å². The fraction of sp³-hybridized carbons (Fsp3) is 0.100. The average molecular weight is 378 g/mol. The number of aromatic nitrogens is 1. The molecule has 2 aromatic carbocycles. The van der Waals surface area contributed by atoms with Crippen molar-refractivity contribution < 1.29 is 0 Å². The lowest BCUT2D eigenvalue weighted by Gasteiger charge is -2.23. The minimum Gasteiger partial charge on any atom is -0.259 e. The number of pyridine rings is 1. The molecule has 0 saturated heterocycles. The van der Waals surface area contributed by atoms with Crippen molar-refractivity contribution in [1.82, 2.24) is 4.98 Å². The summed E-state index contributed by atoms with van der Waals surface area (Å²) in [6, 6.07) is 24.8. The highest BCUT2D eigenvalue weighted by atomic mass is 79.9. The first-order valence-electron chi connectivity index (χ1n) is 7.90. The van der Waals surface area contributed by atoms with Crippen molar-refractivity contribution in [3.8, 4) is 0 Å². The standard InChI is InChI=1S/C20H16BrN3/c21-16-9-11-17(12-10-16)24-20(18-8-4-5-13-22-18)14-19(23-24)15-6-2-1-3-7-15/h1-13,20H,14H2/t20-/m0/s1. The van der Waals surface area contributed by atoms with E-state index in [9.17, 15) is 0 Å². The van der Waals surface area contributed by atoms with E-state index in [1.165, 1.54) is 0 Å². The number of hydrogen-bond acceptors (Lipinski definition) is 3. The Labute approximate surface area is 149 Å². The third kappa shape index (κ3) is 2.97. The molecule has 0 spiro atoms. The number of benzene rings is 2. The van der Waals surface area contributed by atoms with Gasteiger partial charge in [-0.3, -0.25) is 9.99 Å². The van der Waals surface area contributed by atoms with Gasteiger partial charge in [0.05, 0.1) is 17.1 Å². The van der Waals surface area contributed by atoms with Gasteiger partial charge in [0.25, 0.3) is 0 Å². The molecule has 1 atom stereocenters. The molecule has 0 bridgehead atoms. The molecule has 1 aliphatic rings. The van der Waals surface area contributed by atoms with Crippen LogP contribution >= 0.6 is 15.9 Å². The van der Waals surface area contributed by atoms with Crippen molar-refractivity contribution in [2.45, 2.75) is 12.5 Å². The molecule has 4 rings (SSSR count). The number of nitrogens with zero attached hydrogens (tertiary/aromatic N) is 3. The summed E-state index contributed by atoms with van der Waals surface area (Å²) in [5.41, 5.74) is 4.36. The van der Waals surface area contributed by atoms with Crippen molar-refractivity contribution in [2.75, 3.05) is 5.01 Å². The van der Waals surface area contributed by atoms with Crippen LogP contribution in [0.5, 0.6) is 0 Å². The Balaban J connectivity index is 1.75. The molecule has 3 nitrogen and oxygen atoms in total. The summed E-state index contributed by atoms with van der Waals surface area (Å²) in [5, 5.41) is 6.99. The van der Waals surface area contributed by atoms with Gasteiger partial charge in [-0.25, -0.2) is 0 Å². The van der Waals surface area contributed by atoms with Crippen LogP contribution in [-0.4, -0.2) is 10.7 Å². The summed E-state index contributed by atoms with van der Waals surface area (Å²) < 4.78 is 1.06. The predicted molar refractivity (Wildman–Crippen MR) is 101 cm³/mol. The molecule has 4 heteroatoms. The third-order valence-corrected chi connectivity index (χ3v) is 4.67. The van der Waals surface area contributed by atoms with Crippen molar-refractivity contribution in [1.29, 1.82) is 0 Å². The Hall–Kier alpha value is -2.46. The zero-order valence-corrected chi connectivity index (χ0v) is 14.6. The van der Waals surface area contributed by atoms with Crippen LogP contribution in [0, 0.1) is 0 Å². The van der Waals surface area contributed by atoms with Crippen molar-refractivity contribution >= 4 is 27.3 Å². The van der Waals surface area contributed by atoms with E-state index < -0.39 is 0 Å². The molecular formula is C20H16BrN3. The van der Waals surface area contributed by atoms with E-state index in [2.05, 4.69) is 68.4 Å². The minimum absolute atomic E-state index is 0.114. The van der Waals surface area contributed by atoms with E-state index in [0.29, 0.717) is 0 Å². The molecule has 0 radical (unpaired) electrons. The molecule has 0 N–H and O–H groups in total. The van der Waals surface area contributed by atoms with Gasteiger partial charge in [-0.15, -0.1) is 0 Å². The Morgan fingerprint density at radius 1 is 0.875 bits per heavy atom. The summed E-state index contributed by atoms with van der Waals surface area (Å²) in [6.07, 6.45) is 2.69. The Morgan fingerprint density at radius 3 is 2.33 bits per heavy atom. The summed E-state index contributed by atoms with van der Waals surface area (Å²) >= 11 is 3.50. The highest BCUT2D eigenvalue weighted by Crippen LogP contribution is 2.36. The van der Waals surface area contributed by atoms with Gasteiger partial charge in [0.15, 0.2) is 0 Å². The van der Waals surface area contributed by atoms with Crippen LogP contribution in [0.2, 0.25) is 0 Å². The summed E-state index contributed by atoms with van der Waals surface area (Å²) in [7, 11) is 0. The smallest absolute Gasteiger partial charge is 0.100 e.